The fourth-order valence-electron chi connectivity index (χ4n) is 2.91. The van der Waals surface area contributed by atoms with Crippen LogP contribution in [0.1, 0.15) is 21.9 Å². The highest BCUT2D eigenvalue weighted by atomic mass is 32.1. The molecule has 0 saturated carbocycles. The molecule has 1 amide bonds. The number of nitrogens with zero attached hydrogens (tertiary/aromatic N) is 5. The molecule has 1 aliphatic rings. The van der Waals surface area contributed by atoms with Crippen LogP contribution < -0.4 is 0 Å². The molecule has 0 spiro atoms. The van der Waals surface area contributed by atoms with E-state index in [2.05, 4.69) is 28.1 Å². The van der Waals surface area contributed by atoms with Crippen LogP contribution in [0.25, 0.3) is 9.88 Å². The third-order valence-corrected chi connectivity index (χ3v) is 6.17. The van der Waals surface area contributed by atoms with Gasteiger partial charge in [-0.05, 0) is 24.6 Å². The lowest BCUT2D eigenvalue weighted by atomic mass is 10.3. The van der Waals surface area contributed by atoms with Crippen molar-refractivity contribution in [3.05, 3.63) is 46.0 Å². The number of carbonyl (C=O) groups is 1. The van der Waals surface area contributed by atoms with Crippen LogP contribution in [0.4, 0.5) is 0 Å². The molecule has 0 aliphatic carbocycles. The second kappa shape index (κ2) is 6.70. The van der Waals surface area contributed by atoms with E-state index < -0.39 is 0 Å². The average molecular weight is 374 g/mol. The molecule has 8 heteroatoms. The normalized spacial score (nSPS) is 14.5. The maximum absolute atomic E-state index is 12.7. The van der Waals surface area contributed by atoms with Crippen molar-refractivity contribution >= 4 is 28.6 Å². The molecule has 0 aromatic carbocycles. The van der Waals surface area contributed by atoms with Gasteiger partial charge in [-0.2, -0.15) is 5.10 Å². The summed E-state index contributed by atoms with van der Waals surface area (Å²) in [6.45, 7) is 3.12. The number of fused-ring (bicyclic) bond motifs is 1. The molecular formula is C17H19N5OS2. The first kappa shape index (κ1) is 16.4. The number of carbonyl (C=O) groups excluding carboxylic acids is 1. The summed E-state index contributed by atoms with van der Waals surface area (Å²) in [5.41, 5.74) is 2.52. The minimum absolute atomic E-state index is 0.0600. The number of aromatic nitrogens is 3. The van der Waals surface area contributed by atoms with E-state index in [9.17, 15) is 4.79 Å². The van der Waals surface area contributed by atoms with Crippen LogP contribution in [0.5, 0.6) is 0 Å². The monoisotopic (exact) mass is 373 g/mol. The number of likely N-dealkylation sites (N-methyl/N-ethyl adjacent to an activating group) is 1. The van der Waals surface area contributed by atoms with E-state index in [1.54, 1.807) is 34.6 Å². The van der Waals surface area contributed by atoms with Gasteiger partial charge in [-0.1, -0.05) is 6.07 Å². The van der Waals surface area contributed by atoms with Crippen molar-refractivity contribution in [2.45, 2.75) is 19.6 Å². The van der Waals surface area contributed by atoms with Crippen LogP contribution in [-0.2, 0) is 19.6 Å². The third-order valence-electron chi connectivity index (χ3n) is 4.24. The number of hydrogen-bond donors (Lipinski definition) is 0. The molecule has 4 heterocycles. The summed E-state index contributed by atoms with van der Waals surface area (Å²) in [7, 11) is 3.88. The Morgan fingerprint density at radius 2 is 2.24 bits per heavy atom. The van der Waals surface area contributed by atoms with Crippen LogP contribution in [-0.4, -0.2) is 51.1 Å². The first-order valence-corrected chi connectivity index (χ1v) is 9.85. The van der Waals surface area contributed by atoms with E-state index in [1.807, 2.05) is 27.6 Å². The highest BCUT2D eigenvalue weighted by Gasteiger charge is 2.21. The van der Waals surface area contributed by atoms with Gasteiger partial charge < -0.3 is 4.90 Å². The summed E-state index contributed by atoms with van der Waals surface area (Å²) < 4.78 is 1.94. The van der Waals surface area contributed by atoms with Crippen LogP contribution >= 0.6 is 22.7 Å². The summed E-state index contributed by atoms with van der Waals surface area (Å²) in [5.74, 6) is -0.0600. The van der Waals surface area contributed by atoms with Gasteiger partial charge in [-0.3, -0.25) is 14.4 Å². The van der Waals surface area contributed by atoms with E-state index in [-0.39, 0.29) is 5.91 Å². The third kappa shape index (κ3) is 3.37. The van der Waals surface area contributed by atoms with E-state index in [1.165, 1.54) is 0 Å². The van der Waals surface area contributed by atoms with Crippen molar-refractivity contribution in [1.82, 2.24) is 24.6 Å². The number of thiazole rings is 1. The Morgan fingerprint density at radius 3 is 3.04 bits per heavy atom. The maximum atomic E-state index is 12.7. The standard InChI is InChI=1S/C17H19N5OS2/c1-20-5-6-22-13(10-20)8-14(19-22)17(23)21(2)9-12-11-25-16(18-12)15-4-3-7-24-15/h3-4,7-8,11H,5-6,9-10H2,1-2H3. The molecular weight excluding hydrogens is 354 g/mol. The van der Waals surface area contributed by atoms with Crippen molar-refractivity contribution in [3.8, 4) is 9.88 Å². The van der Waals surface area contributed by atoms with Crippen molar-refractivity contribution in [1.29, 1.82) is 0 Å². The summed E-state index contributed by atoms with van der Waals surface area (Å²) in [5, 5.41) is 9.55. The van der Waals surface area contributed by atoms with Gasteiger partial charge in [0.05, 0.1) is 29.4 Å². The van der Waals surface area contributed by atoms with Gasteiger partial charge in [0, 0.05) is 25.5 Å². The van der Waals surface area contributed by atoms with Gasteiger partial charge >= 0.3 is 0 Å². The first-order valence-electron chi connectivity index (χ1n) is 8.09. The van der Waals surface area contributed by atoms with Crippen LogP contribution in [0, 0.1) is 0 Å². The molecule has 0 saturated heterocycles. The lowest BCUT2D eigenvalue weighted by Gasteiger charge is -2.22. The highest BCUT2D eigenvalue weighted by Crippen LogP contribution is 2.28. The SMILES string of the molecule is CN1CCn2nc(C(=O)N(C)Cc3csc(-c4cccs4)n3)cc2C1. The zero-order valence-corrected chi connectivity index (χ0v) is 15.8. The van der Waals surface area contributed by atoms with E-state index in [0.29, 0.717) is 12.2 Å². The van der Waals surface area contributed by atoms with Gasteiger partial charge in [0.1, 0.15) is 5.01 Å². The van der Waals surface area contributed by atoms with Crippen molar-refractivity contribution in [2.24, 2.45) is 0 Å². The van der Waals surface area contributed by atoms with E-state index >= 15 is 0 Å². The quantitative estimate of drug-likeness (QED) is 0.706. The van der Waals surface area contributed by atoms with Crippen LogP contribution in [0.3, 0.4) is 0 Å². The predicted molar refractivity (Wildman–Crippen MR) is 99.8 cm³/mol. The molecule has 0 fully saturated rings. The Bertz CT molecular complexity index is 883. The van der Waals surface area contributed by atoms with Gasteiger partial charge in [0.15, 0.2) is 5.69 Å². The van der Waals surface area contributed by atoms with Crippen LogP contribution in [0.15, 0.2) is 29.0 Å². The average Bonchev–Trinajstić information content (AvgIpc) is 3.33. The molecule has 3 aromatic heterocycles. The van der Waals surface area contributed by atoms with Gasteiger partial charge in [0.25, 0.3) is 5.91 Å². The summed E-state index contributed by atoms with van der Waals surface area (Å²) >= 11 is 3.29. The minimum atomic E-state index is -0.0600. The largest absolute Gasteiger partial charge is 0.334 e. The predicted octanol–water partition coefficient (Wildman–Crippen LogP) is 2.79. The van der Waals surface area contributed by atoms with E-state index in [0.717, 1.165) is 40.9 Å². The smallest absolute Gasteiger partial charge is 0.274 e. The molecule has 25 heavy (non-hydrogen) atoms. The van der Waals surface area contributed by atoms with Gasteiger partial charge in [-0.15, -0.1) is 22.7 Å². The number of amides is 1. The topological polar surface area (TPSA) is 54.3 Å². The fourth-order valence-corrected chi connectivity index (χ4v) is 4.53. The van der Waals surface area contributed by atoms with Crippen molar-refractivity contribution in [2.75, 3.05) is 20.6 Å². The Balaban J connectivity index is 1.46. The summed E-state index contributed by atoms with van der Waals surface area (Å²) in [4.78, 5) is 22.4. The molecule has 0 unspecified atom stereocenters. The molecule has 0 radical (unpaired) electrons. The van der Waals surface area contributed by atoms with Gasteiger partial charge in [0.2, 0.25) is 0 Å². The molecule has 0 N–H and O–H groups in total. The molecule has 0 bridgehead atoms. The maximum Gasteiger partial charge on any atom is 0.274 e. The molecule has 1 aliphatic heterocycles. The van der Waals surface area contributed by atoms with E-state index in [4.69, 9.17) is 0 Å². The second-order valence-corrected chi connectivity index (χ2v) is 8.07. The first-order chi connectivity index (χ1) is 12.1. The number of thiophene rings is 1. The number of rotatable bonds is 4. The lowest BCUT2D eigenvalue weighted by Crippen LogP contribution is -2.30. The lowest BCUT2D eigenvalue weighted by molar-refractivity contribution is 0.0776. The zero-order chi connectivity index (χ0) is 17.4. The molecule has 4 rings (SSSR count). The highest BCUT2D eigenvalue weighted by molar-refractivity contribution is 7.20. The van der Waals surface area contributed by atoms with Crippen molar-refractivity contribution < 1.29 is 4.79 Å². The summed E-state index contributed by atoms with van der Waals surface area (Å²) in [6.07, 6.45) is 0. The summed E-state index contributed by atoms with van der Waals surface area (Å²) in [6, 6.07) is 6.00. The minimum Gasteiger partial charge on any atom is -0.334 e. The zero-order valence-electron chi connectivity index (χ0n) is 14.2. The van der Waals surface area contributed by atoms with Crippen LogP contribution in [0.2, 0.25) is 0 Å². The Morgan fingerprint density at radius 1 is 1.36 bits per heavy atom. The Kier molecular flexibility index (Phi) is 4.41. The second-order valence-electron chi connectivity index (χ2n) is 6.26. The Hall–Kier alpha value is -2.03. The molecule has 3 aromatic rings. The Labute approximate surface area is 154 Å². The number of hydrogen-bond acceptors (Lipinski definition) is 6. The molecule has 6 nitrogen and oxygen atoms in total. The fraction of sp³-hybridized carbons (Fsp3) is 0.353. The van der Waals surface area contributed by atoms with Gasteiger partial charge in [-0.25, -0.2) is 4.98 Å². The van der Waals surface area contributed by atoms with Crippen molar-refractivity contribution in [3.63, 3.8) is 0 Å². The molecule has 130 valence electrons. The molecule has 0 atom stereocenters.